The number of nitrogens with zero attached hydrogens (tertiary/aromatic N) is 2. The second-order valence-corrected chi connectivity index (χ2v) is 8.56. The molecule has 0 unspecified atom stereocenters. The number of carbonyl (C=O) groups is 2. The lowest BCUT2D eigenvalue weighted by Crippen LogP contribution is -2.40. The normalized spacial score (nSPS) is 11.2. The first-order valence-corrected chi connectivity index (χ1v) is 11.2. The molecule has 0 atom stereocenters. The Morgan fingerprint density at radius 2 is 1.06 bits per heavy atom. The summed E-state index contributed by atoms with van der Waals surface area (Å²) < 4.78 is 10.9. The number of benzene rings is 2. The molecule has 0 saturated heterocycles. The summed E-state index contributed by atoms with van der Waals surface area (Å²) in [5, 5.41) is 18.4. The minimum absolute atomic E-state index is 0.318. The van der Waals surface area contributed by atoms with Gasteiger partial charge in [0.2, 0.25) is 0 Å². The summed E-state index contributed by atoms with van der Waals surface area (Å²) in [5.41, 5.74) is 6.72. The maximum Gasteiger partial charge on any atom is 0.317 e. The Balaban J connectivity index is 2.33. The minimum atomic E-state index is -1.05. The zero-order valence-electron chi connectivity index (χ0n) is 21.0. The highest BCUT2D eigenvalue weighted by atomic mass is 16.5. The molecule has 2 N–H and O–H groups in total. The smallest absolute Gasteiger partial charge is 0.317 e. The van der Waals surface area contributed by atoms with Crippen LogP contribution in [-0.4, -0.2) is 72.4 Å². The lowest BCUT2D eigenvalue weighted by Gasteiger charge is -2.28. The molecule has 8 heteroatoms. The Bertz CT molecular complexity index is 943. The number of rotatable bonds is 13. The molecule has 0 fully saturated rings. The van der Waals surface area contributed by atoms with Crippen molar-refractivity contribution < 1.29 is 29.3 Å². The third kappa shape index (κ3) is 7.20. The van der Waals surface area contributed by atoms with Crippen molar-refractivity contribution in [3.8, 4) is 11.5 Å². The van der Waals surface area contributed by atoms with E-state index >= 15 is 0 Å². The minimum Gasteiger partial charge on any atom is -0.496 e. The van der Waals surface area contributed by atoms with Gasteiger partial charge in [-0.3, -0.25) is 19.4 Å². The molecular weight excluding hydrogens is 436 g/mol. The third-order valence-corrected chi connectivity index (χ3v) is 6.38. The van der Waals surface area contributed by atoms with Crippen LogP contribution in [0.2, 0.25) is 0 Å². The largest absolute Gasteiger partial charge is 0.496 e. The van der Waals surface area contributed by atoms with E-state index in [1.807, 2.05) is 38.1 Å². The van der Waals surface area contributed by atoms with Crippen molar-refractivity contribution in [1.82, 2.24) is 9.80 Å². The summed E-state index contributed by atoms with van der Waals surface area (Å²) >= 11 is 0. The Morgan fingerprint density at radius 1 is 0.676 bits per heavy atom. The van der Waals surface area contributed by atoms with Crippen molar-refractivity contribution in [3.63, 3.8) is 0 Å². The van der Waals surface area contributed by atoms with Gasteiger partial charge >= 0.3 is 11.9 Å². The van der Waals surface area contributed by atoms with Crippen LogP contribution < -0.4 is 9.47 Å². The Kier molecular flexibility index (Phi) is 9.89. The van der Waals surface area contributed by atoms with E-state index in [1.54, 1.807) is 14.2 Å². The van der Waals surface area contributed by atoms with Gasteiger partial charge in [0.1, 0.15) is 11.5 Å². The van der Waals surface area contributed by atoms with E-state index in [0.717, 1.165) is 44.9 Å². The van der Waals surface area contributed by atoms with E-state index < -0.39 is 11.9 Å². The monoisotopic (exact) mass is 472 g/mol. The van der Waals surface area contributed by atoms with Gasteiger partial charge in [0.15, 0.2) is 0 Å². The average Bonchev–Trinajstić information content (AvgIpc) is 2.77. The van der Waals surface area contributed by atoms with E-state index in [4.69, 9.17) is 9.47 Å². The second kappa shape index (κ2) is 12.4. The highest BCUT2D eigenvalue weighted by Gasteiger charge is 2.18. The first kappa shape index (κ1) is 27.1. The maximum atomic E-state index is 11.2. The molecule has 0 amide bonds. The highest BCUT2D eigenvalue weighted by Crippen LogP contribution is 2.27. The summed E-state index contributed by atoms with van der Waals surface area (Å²) in [4.78, 5) is 26.1. The van der Waals surface area contributed by atoms with Crippen LogP contribution in [0.25, 0.3) is 0 Å². The van der Waals surface area contributed by atoms with Crippen molar-refractivity contribution >= 4 is 11.9 Å². The molecule has 0 heterocycles. The summed E-state index contributed by atoms with van der Waals surface area (Å²) in [6.45, 7) is 9.65. The van der Waals surface area contributed by atoms with Crippen LogP contribution in [0.1, 0.15) is 33.4 Å². The molecule has 2 rings (SSSR count). The molecule has 8 nitrogen and oxygen atoms in total. The van der Waals surface area contributed by atoms with Crippen LogP contribution in [0.5, 0.6) is 11.5 Å². The van der Waals surface area contributed by atoms with Gasteiger partial charge < -0.3 is 19.7 Å². The van der Waals surface area contributed by atoms with Crippen molar-refractivity contribution in [2.45, 2.75) is 40.8 Å². The van der Waals surface area contributed by atoms with Gasteiger partial charge in [-0.2, -0.15) is 0 Å². The SMILES string of the molecule is COc1ccc(CN(CCN(CC(=O)O)CC(=O)O)Cc2ccc(OC)c(C)c2C)c(C)c1C. The summed E-state index contributed by atoms with van der Waals surface area (Å²) in [7, 11) is 3.31. The topological polar surface area (TPSA) is 99.5 Å². The number of methoxy groups -OCH3 is 2. The van der Waals surface area contributed by atoms with Gasteiger partial charge in [0, 0.05) is 26.2 Å². The van der Waals surface area contributed by atoms with Crippen LogP contribution in [-0.2, 0) is 22.7 Å². The number of aliphatic carboxylic acids is 2. The van der Waals surface area contributed by atoms with Crippen molar-refractivity contribution in [2.75, 3.05) is 40.4 Å². The highest BCUT2D eigenvalue weighted by molar-refractivity contribution is 5.72. The van der Waals surface area contributed by atoms with Crippen LogP contribution in [0.4, 0.5) is 0 Å². The van der Waals surface area contributed by atoms with Gasteiger partial charge in [-0.05, 0) is 73.2 Å². The fourth-order valence-corrected chi connectivity index (χ4v) is 4.06. The molecule has 0 aromatic heterocycles. The van der Waals surface area contributed by atoms with Crippen LogP contribution in [0.3, 0.4) is 0 Å². The summed E-state index contributed by atoms with van der Waals surface area (Å²) in [6, 6.07) is 8.01. The van der Waals surface area contributed by atoms with Crippen molar-refractivity contribution in [2.24, 2.45) is 0 Å². The molecule has 0 aliphatic carbocycles. The standard InChI is InChI=1S/C26H36N2O6/c1-17-19(3)23(33-5)9-7-21(17)13-27(11-12-28(15-25(29)30)16-26(31)32)14-22-8-10-24(34-6)20(4)18(22)2/h7-10H,11-16H2,1-6H3,(H,29,30)(H,31,32). The van der Waals surface area contributed by atoms with E-state index in [0.29, 0.717) is 26.2 Å². The van der Waals surface area contributed by atoms with Crippen molar-refractivity contribution in [1.29, 1.82) is 0 Å². The first-order chi connectivity index (χ1) is 16.1. The number of hydrogen-bond donors (Lipinski definition) is 2. The van der Waals surface area contributed by atoms with Gasteiger partial charge in [0.05, 0.1) is 27.3 Å². The molecule has 2 aromatic carbocycles. The molecule has 0 aliphatic heterocycles. The van der Waals surface area contributed by atoms with E-state index in [-0.39, 0.29) is 13.1 Å². The van der Waals surface area contributed by atoms with Gasteiger partial charge in [-0.1, -0.05) is 12.1 Å². The molecule has 34 heavy (non-hydrogen) atoms. The van der Waals surface area contributed by atoms with Gasteiger partial charge in [-0.25, -0.2) is 0 Å². The number of carboxylic acid groups (broad SMARTS) is 2. The molecular formula is C26H36N2O6. The average molecular weight is 473 g/mol. The van der Waals surface area contributed by atoms with Crippen molar-refractivity contribution in [3.05, 3.63) is 57.6 Å². The lowest BCUT2D eigenvalue weighted by molar-refractivity contribution is -0.141. The van der Waals surface area contributed by atoms with Gasteiger partial charge in [0.25, 0.3) is 0 Å². The summed E-state index contributed by atoms with van der Waals surface area (Å²) in [6.07, 6.45) is 0. The predicted octanol–water partition coefficient (Wildman–Crippen LogP) is 3.41. The lowest BCUT2D eigenvalue weighted by atomic mass is 10.00. The Labute approximate surface area is 201 Å². The fraction of sp³-hybridized carbons (Fsp3) is 0.462. The Morgan fingerprint density at radius 3 is 1.41 bits per heavy atom. The number of ether oxygens (including phenoxy) is 2. The van der Waals surface area contributed by atoms with E-state index in [1.165, 1.54) is 4.90 Å². The molecule has 186 valence electrons. The zero-order valence-corrected chi connectivity index (χ0v) is 21.0. The molecule has 0 bridgehead atoms. The first-order valence-electron chi connectivity index (χ1n) is 11.2. The molecule has 0 saturated carbocycles. The van der Waals surface area contributed by atoms with Crippen LogP contribution >= 0.6 is 0 Å². The molecule has 0 aliphatic rings. The van der Waals surface area contributed by atoms with Crippen LogP contribution in [0.15, 0.2) is 24.3 Å². The van der Waals surface area contributed by atoms with Crippen LogP contribution in [0, 0.1) is 27.7 Å². The van der Waals surface area contributed by atoms with E-state index in [2.05, 4.69) is 18.7 Å². The quantitative estimate of drug-likeness (QED) is 0.458. The predicted molar refractivity (Wildman–Crippen MR) is 131 cm³/mol. The Hall–Kier alpha value is -3.10. The maximum absolute atomic E-state index is 11.2. The zero-order chi connectivity index (χ0) is 25.4. The number of hydrogen-bond acceptors (Lipinski definition) is 6. The fourth-order valence-electron chi connectivity index (χ4n) is 4.06. The van der Waals surface area contributed by atoms with Gasteiger partial charge in [-0.15, -0.1) is 0 Å². The second-order valence-electron chi connectivity index (χ2n) is 8.56. The number of carboxylic acids is 2. The molecule has 0 spiro atoms. The van der Waals surface area contributed by atoms with E-state index in [9.17, 15) is 19.8 Å². The third-order valence-electron chi connectivity index (χ3n) is 6.38. The molecule has 0 radical (unpaired) electrons. The summed E-state index contributed by atoms with van der Waals surface area (Å²) in [5.74, 6) is -0.417. The molecule has 2 aromatic rings.